The molecule has 2 aromatic heterocycles. The fourth-order valence-electron chi connectivity index (χ4n) is 4.46. The van der Waals surface area contributed by atoms with E-state index in [-0.39, 0.29) is 16.4 Å². The van der Waals surface area contributed by atoms with Crippen LogP contribution in [-0.2, 0) is 0 Å². The fourth-order valence-corrected chi connectivity index (χ4v) is 6.92. The molecule has 3 aromatic rings. The Morgan fingerprint density at radius 2 is 2.00 bits per heavy atom. The van der Waals surface area contributed by atoms with Gasteiger partial charge in [-0.1, -0.05) is 11.3 Å². The summed E-state index contributed by atoms with van der Waals surface area (Å²) in [5.41, 5.74) is 8.43. The highest BCUT2D eigenvalue weighted by atomic mass is 32.2. The summed E-state index contributed by atoms with van der Waals surface area (Å²) in [6.45, 7) is 3.15. The number of aromatic nitrogens is 1. The first-order valence-corrected chi connectivity index (χ1v) is 11.9. The van der Waals surface area contributed by atoms with Gasteiger partial charge in [0.25, 0.3) is 5.91 Å². The Hall–Kier alpha value is -2.58. The predicted molar refractivity (Wildman–Crippen MR) is 124 cm³/mol. The van der Waals surface area contributed by atoms with Gasteiger partial charge in [-0.05, 0) is 50.1 Å². The predicted octanol–water partition coefficient (Wildman–Crippen LogP) is 4.55. The van der Waals surface area contributed by atoms with E-state index in [1.165, 1.54) is 11.3 Å². The number of fused-ring (bicyclic) bond motifs is 2. The molecule has 0 bridgehead atoms. The first-order chi connectivity index (χ1) is 14.9. The van der Waals surface area contributed by atoms with Gasteiger partial charge in [-0.3, -0.25) is 9.59 Å². The molecule has 8 heteroatoms. The zero-order chi connectivity index (χ0) is 21.8. The molecule has 0 radical (unpaired) electrons. The Balaban J connectivity index is 1.35. The van der Waals surface area contributed by atoms with Crippen molar-refractivity contribution in [3.05, 3.63) is 47.2 Å². The Labute approximate surface area is 188 Å². The number of aryl methyl sites for hydroxylation is 1. The first-order valence-electron chi connectivity index (χ1n) is 10.2. The number of methoxy groups -OCH3 is 1. The van der Waals surface area contributed by atoms with E-state index in [0.29, 0.717) is 35.8 Å². The quantitative estimate of drug-likeness (QED) is 0.613. The van der Waals surface area contributed by atoms with E-state index in [1.54, 1.807) is 18.9 Å². The largest absolute Gasteiger partial charge is 0.497 e. The first kappa shape index (κ1) is 20.3. The van der Waals surface area contributed by atoms with Crippen molar-refractivity contribution in [2.75, 3.05) is 25.9 Å². The number of thiophene rings is 1. The van der Waals surface area contributed by atoms with Crippen molar-refractivity contribution in [2.45, 2.75) is 35.8 Å². The van der Waals surface area contributed by atoms with Gasteiger partial charge < -0.3 is 15.4 Å². The summed E-state index contributed by atoms with van der Waals surface area (Å²) in [5.74, 6) is 0.817. The standard InChI is InChI=1S/C23H23N3O3S2/c1-13-3-5-15-19(20(24)30-21(15)25-13)22(28)26-9-7-23(8-10-26)12-17(27)16-11-14(29-2)4-6-18(16)31-23/h3-6,11H,7-10,12,24H2,1-2H3. The van der Waals surface area contributed by atoms with Crippen LogP contribution in [0.2, 0.25) is 0 Å². The minimum absolute atomic E-state index is 0.0403. The minimum atomic E-state index is -0.156. The number of amides is 1. The van der Waals surface area contributed by atoms with Gasteiger partial charge >= 0.3 is 0 Å². The topological polar surface area (TPSA) is 85.5 Å². The van der Waals surface area contributed by atoms with Crippen molar-refractivity contribution >= 4 is 50.0 Å². The Morgan fingerprint density at radius 1 is 1.23 bits per heavy atom. The number of carbonyl (C=O) groups excluding carboxylic acids is 2. The number of benzene rings is 1. The molecule has 2 aliphatic rings. The van der Waals surface area contributed by atoms with Crippen molar-refractivity contribution in [3.8, 4) is 5.75 Å². The lowest BCUT2D eigenvalue weighted by Gasteiger charge is -2.43. The van der Waals surface area contributed by atoms with Crippen LogP contribution in [0.25, 0.3) is 10.2 Å². The summed E-state index contributed by atoms with van der Waals surface area (Å²) in [6.07, 6.45) is 2.05. The molecule has 1 spiro atoms. The molecular formula is C23H23N3O3S2. The summed E-state index contributed by atoms with van der Waals surface area (Å²) < 4.78 is 5.11. The monoisotopic (exact) mass is 453 g/mol. The number of nitrogens with two attached hydrogens (primary N) is 1. The third-order valence-corrected chi connectivity index (χ3v) is 8.68. The van der Waals surface area contributed by atoms with Crippen LogP contribution in [0.15, 0.2) is 35.2 Å². The highest BCUT2D eigenvalue weighted by molar-refractivity contribution is 8.01. The second kappa shape index (κ2) is 7.53. The van der Waals surface area contributed by atoms with Crippen molar-refractivity contribution in [1.29, 1.82) is 0 Å². The zero-order valence-electron chi connectivity index (χ0n) is 17.4. The van der Waals surface area contributed by atoms with Gasteiger partial charge in [-0.15, -0.1) is 11.8 Å². The number of piperidine rings is 1. The maximum atomic E-state index is 13.3. The van der Waals surface area contributed by atoms with Gasteiger partial charge in [0.15, 0.2) is 5.78 Å². The summed E-state index contributed by atoms with van der Waals surface area (Å²) in [5, 5.41) is 1.34. The maximum Gasteiger partial charge on any atom is 0.257 e. The zero-order valence-corrected chi connectivity index (χ0v) is 19.1. The van der Waals surface area contributed by atoms with Gasteiger partial charge in [0, 0.05) is 45.8 Å². The third kappa shape index (κ3) is 3.47. The third-order valence-electron chi connectivity index (χ3n) is 6.19. The van der Waals surface area contributed by atoms with E-state index >= 15 is 0 Å². The lowest BCUT2D eigenvalue weighted by molar-refractivity contribution is 0.0699. The van der Waals surface area contributed by atoms with Crippen LogP contribution < -0.4 is 10.5 Å². The molecule has 0 aliphatic carbocycles. The Kier molecular flexibility index (Phi) is 4.94. The summed E-state index contributed by atoms with van der Waals surface area (Å²) in [4.78, 5) is 34.4. The average molecular weight is 454 g/mol. The van der Waals surface area contributed by atoms with Gasteiger partial charge in [0.2, 0.25) is 0 Å². The molecule has 160 valence electrons. The number of hydrogen-bond donors (Lipinski definition) is 1. The van der Waals surface area contributed by atoms with Crippen LogP contribution in [-0.4, -0.2) is 46.5 Å². The van der Waals surface area contributed by atoms with Crippen LogP contribution in [0, 0.1) is 6.92 Å². The maximum absolute atomic E-state index is 13.3. The molecule has 4 heterocycles. The highest BCUT2D eigenvalue weighted by Crippen LogP contribution is 2.49. The van der Waals surface area contributed by atoms with E-state index < -0.39 is 0 Å². The van der Waals surface area contributed by atoms with Crippen LogP contribution >= 0.6 is 23.1 Å². The number of ether oxygens (including phenoxy) is 1. The highest BCUT2D eigenvalue weighted by Gasteiger charge is 2.43. The number of thioether (sulfide) groups is 1. The number of ketones is 1. The molecule has 0 atom stereocenters. The average Bonchev–Trinajstić information content (AvgIpc) is 3.08. The number of carbonyl (C=O) groups is 2. The Morgan fingerprint density at radius 3 is 2.74 bits per heavy atom. The van der Waals surface area contributed by atoms with Crippen LogP contribution in [0.1, 0.15) is 45.7 Å². The van der Waals surface area contributed by atoms with Crippen LogP contribution in [0.3, 0.4) is 0 Å². The van der Waals surface area contributed by atoms with Crippen molar-refractivity contribution in [3.63, 3.8) is 0 Å². The number of nitrogen functional groups attached to an aromatic ring is 1. The normalized spacial score (nSPS) is 17.7. The molecule has 2 N–H and O–H groups in total. The molecule has 1 aromatic carbocycles. The SMILES string of the molecule is COc1ccc2c(c1)C(=O)CC1(CCN(C(=O)c3c(N)sc4nc(C)ccc34)CC1)S2. The number of rotatable bonds is 2. The molecule has 2 aliphatic heterocycles. The lowest BCUT2D eigenvalue weighted by Crippen LogP contribution is -2.47. The molecule has 6 nitrogen and oxygen atoms in total. The smallest absolute Gasteiger partial charge is 0.257 e. The van der Waals surface area contributed by atoms with E-state index in [1.807, 2.05) is 42.2 Å². The van der Waals surface area contributed by atoms with Gasteiger partial charge in [-0.25, -0.2) is 4.98 Å². The molecule has 1 fully saturated rings. The second-order valence-electron chi connectivity index (χ2n) is 8.19. The Bertz CT molecular complexity index is 1210. The van der Waals surface area contributed by atoms with Crippen molar-refractivity contribution in [1.82, 2.24) is 9.88 Å². The number of pyridine rings is 1. The van der Waals surface area contributed by atoms with Crippen LogP contribution in [0.5, 0.6) is 5.75 Å². The van der Waals surface area contributed by atoms with Gasteiger partial charge in [0.1, 0.15) is 15.6 Å². The molecule has 5 rings (SSSR count). The number of nitrogens with zero attached hydrogens (tertiary/aromatic N) is 2. The number of hydrogen-bond acceptors (Lipinski definition) is 7. The van der Waals surface area contributed by atoms with Gasteiger partial charge in [0.05, 0.1) is 12.7 Å². The molecule has 0 saturated carbocycles. The van der Waals surface area contributed by atoms with E-state index in [9.17, 15) is 9.59 Å². The number of anilines is 1. The van der Waals surface area contributed by atoms with E-state index in [2.05, 4.69) is 4.98 Å². The summed E-state index contributed by atoms with van der Waals surface area (Å²) in [6, 6.07) is 9.55. The van der Waals surface area contributed by atoms with E-state index in [0.717, 1.165) is 39.2 Å². The second-order valence-corrected chi connectivity index (χ2v) is 10.7. The lowest BCUT2D eigenvalue weighted by atomic mass is 9.87. The fraction of sp³-hybridized carbons (Fsp3) is 0.348. The van der Waals surface area contributed by atoms with Gasteiger partial charge in [-0.2, -0.15) is 0 Å². The summed E-state index contributed by atoms with van der Waals surface area (Å²) >= 11 is 3.14. The molecule has 0 unspecified atom stereocenters. The molecule has 31 heavy (non-hydrogen) atoms. The molecule has 1 amide bonds. The van der Waals surface area contributed by atoms with Crippen molar-refractivity contribution in [2.24, 2.45) is 0 Å². The molecular weight excluding hydrogens is 430 g/mol. The minimum Gasteiger partial charge on any atom is -0.497 e. The van der Waals surface area contributed by atoms with Crippen LogP contribution in [0.4, 0.5) is 5.00 Å². The van der Waals surface area contributed by atoms with Crippen molar-refractivity contribution < 1.29 is 14.3 Å². The van der Waals surface area contributed by atoms with E-state index in [4.69, 9.17) is 10.5 Å². The summed E-state index contributed by atoms with van der Waals surface area (Å²) in [7, 11) is 1.61. The number of likely N-dealkylation sites (tertiary alicyclic amines) is 1. The molecule has 1 saturated heterocycles. The number of Topliss-reactive ketones (excluding diaryl/α,β-unsaturated/α-hetero) is 1.